The molecule has 0 spiro atoms. The largest absolute Gasteiger partial charge is 0.497 e. The van der Waals surface area contributed by atoms with E-state index < -0.39 is 5.91 Å². The molecule has 7 nitrogen and oxygen atoms in total. The molecule has 0 unspecified atom stereocenters. The third kappa shape index (κ3) is 5.09. The van der Waals surface area contributed by atoms with Gasteiger partial charge in [-0.15, -0.1) is 11.3 Å². The van der Waals surface area contributed by atoms with E-state index in [-0.39, 0.29) is 5.57 Å². The first-order valence-corrected chi connectivity index (χ1v) is 9.85. The van der Waals surface area contributed by atoms with Gasteiger partial charge in [0.2, 0.25) is 0 Å². The molecule has 1 aromatic carbocycles. The van der Waals surface area contributed by atoms with Gasteiger partial charge in [0.1, 0.15) is 17.4 Å². The molecular weight excluding hydrogens is 374 g/mol. The lowest BCUT2D eigenvalue weighted by Gasteiger charge is -2.20. The van der Waals surface area contributed by atoms with E-state index in [0.29, 0.717) is 18.1 Å². The second-order valence-electron chi connectivity index (χ2n) is 6.54. The predicted octanol–water partition coefficient (Wildman–Crippen LogP) is 2.32. The highest BCUT2D eigenvalue weighted by Crippen LogP contribution is 2.27. The van der Waals surface area contributed by atoms with Crippen LogP contribution in [0.3, 0.4) is 0 Å². The van der Waals surface area contributed by atoms with E-state index in [0.717, 1.165) is 36.5 Å². The summed E-state index contributed by atoms with van der Waals surface area (Å²) in [5.41, 5.74) is 2.21. The van der Waals surface area contributed by atoms with Gasteiger partial charge in [-0.1, -0.05) is 12.1 Å². The molecule has 1 aliphatic heterocycles. The molecule has 2 N–H and O–H groups in total. The summed E-state index contributed by atoms with van der Waals surface area (Å²) in [6, 6.07) is 9.61. The van der Waals surface area contributed by atoms with Crippen molar-refractivity contribution in [1.29, 1.82) is 5.26 Å². The molecule has 0 saturated heterocycles. The third-order valence-corrected chi connectivity index (χ3v) is 5.50. The van der Waals surface area contributed by atoms with Crippen molar-refractivity contribution >= 4 is 22.4 Å². The SMILES string of the molecule is COc1ccc(CCNC(=O)/C(C#N)=C\Nc2nc3c(s2)CN(C)CC3)cc1. The number of nitriles is 1. The zero-order chi connectivity index (χ0) is 19.9. The third-order valence-electron chi connectivity index (χ3n) is 4.49. The maximum absolute atomic E-state index is 12.2. The van der Waals surface area contributed by atoms with Crippen LogP contribution >= 0.6 is 11.3 Å². The van der Waals surface area contributed by atoms with Crippen LogP contribution < -0.4 is 15.4 Å². The molecule has 1 amide bonds. The number of amides is 1. The number of nitrogens with zero attached hydrogens (tertiary/aromatic N) is 3. The van der Waals surface area contributed by atoms with Crippen LogP contribution in [-0.2, 0) is 24.2 Å². The summed E-state index contributed by atoms with van der Waals surface area (Å²) < 4.78 is 5.13. The smallest absolute Gasteiger partial charge is 0.263 e. The van der Waals surface area contributed by atoms with Crippen molar-refractivity contribution in [3.63, 3.8) is 0 Å². The Morgan fingerprint density at radius 3 is 2.93 bits per heavy atom. The van der Waals surface area contributed by atoms with E-state index in [1.54, 1.807) is 18.4 Å². The molecule has 0 radical (unpaired) electrons. The summed E-state index contributed by atoms with van der Waals surface area (Å²) in [5, 5.41) is 15.8. The lowest BCUT2D eigenvalue weighted by Crippen LogP contribution is -2.27. The summed E-state index contributed by atoms with van der Waals surface area (Å²) in [6.45, 7) is 2.32. The van der Waals surface area contributed by atoms with Gasteiger partial charge in [-0.05, 0) is 31.2 Å². The molecule has 146 valence electrons. The molecule has 2 heterocycles. The van der Waals surface area contributed by atoms with Gasteiger partial charge in [0.15, 0.2) is 5.13 Å². The van der Waals surface area contributed by atoms with E-state index in [2.05, 4.69) is 27.6 Å². The quantitative estimate of drug-likeness (QED) is 0.550. The fraction of sp³-hybridized carbons (Fsp3) is 0.350. The van der Waals surface area contributed by atoms with Gasteiger partial charge in [0.25, 0.3) is 5.91 Å². The summed E-state index contributed by atoms with van der Waals surface area (Å²) in [4.78, 5) is 20.3. The molecule has 3 rings (SSSR count). The van der Waals surface area contributed by atoms with Crippen LogP contribution in [0.4, 0.5) is 5.13 Å². The van der Waals surface area contributed by atoms with Crippen molar-refractivity contribution in [2.24, 2.45) is 0 Å². The Bertz CT molecular complexity index is 898. The number of hydrogen-bond donors (Lipinski definition) is 2. The minimum Gasteiger partial charge on any atom is -0.497 e. The fourth-order valence-electron chi connectivity index (χ4n) is 2.88. The average molecular weight is 398 g/mol. The van der Waals surface area contributed by atoms with Crippen LogP contribution in [0, 0.1) is 11.3 Å². The number of hydrogen-bond acceptors (Lipinski definition) is 7. The molecule has 0 saturated carbocycles. The summed E-state index contributed by atoms with van der Waals surface area (Å²) in [7, 11) is 3.71. The fourth-order valence-corrected chi connectivity index (χ4v) is 3.93. The number of carbonyl (C=O) groups excluding carboxylic acids is 1. The highest BCUT2D eigenvalue weighted by atomic mass is 32.1. The van der Waals surface area contributed by atoms with E-state index in [1.165, 1.54) is 11.1 Å². The Morgan fingerprint density at radius 2 is 2.21 bits per heavy atom. The first-order chi connectivity index (χ1) is 13.6. The van der Waals surface area contributed by atoms with Crippen LogP contribution in [0.1, 0.15) is 16.1 Å². The molecule has 0 aliphatic carbocycles. The van der Waals surface area contributed by atoms with Gasteiger partial charge < -0.3 is 20.3 Å². The zero-order valence-electron chi connectivity index (χ0n) is 16.0. The van der Waals surface area contributed by atoms with Crippen LogP contribution in [-0.4, -0.2) is 43.0 Å². The van der Waals surface area contributed by atoms with Crippen molar-refractivity contribution in [2.75, 3.05) is 32.6 Å². The molecule has 0 atom stereocenters. The van der Waals surface area contributed by atoms with Crippen LogP contribution in [0.15, 0.2) is 36.0 Å². The molecule has 1 aromatic heterocycles. The highest BCUT2D eigenvalue weighted by Gasteiger charge is 2.18. The summed E-state index contributed by atoms with van der Waals surface area (Å²) >= 11 is 1.56. The Kier molecular flexibility index (Phi) is 6.63. The zero-order valence-corrected chi connectivity index (χ0v) is 16.8. The molecular formula is C20H23N5O2S. The van der Waals surface area contributed by atoms with Crippen molar-refractivity contribution in [1.82, 2.24) is 15.2 Å². The van der Waals surface area contributed by atoms with Crippen LogP contribution in [0.5, 0.6) is 5.75 Å². The molecule has 28 heavy (non-hydrogen) atoms. The molecule has 1 aliphatic rings. The van der Waals surface area contributed by atoms with Gasteiger partial charge in [-0.2, -0.15) is 5.26 Å². The van der Waals surface area contributed by atoms with Crippen molar-refractivity contribution in [3.8, 4) is 11.8 Å². The van der Waals surface area contributed by atoms with Gasteiger partial charge in [0, 0.05) is 37.1 Å². The second kappa shape index (κ2) is 9.35. The monoisotopic (exact) mass is 397 g/mol. The van der Waals surface area contributed by atoms with Crippen molar-refractivity contribution < 1.29 is 9.53 Å². The number of fused-ring (bicyclic) bond motifs is 1. The van der Waals surface area contributed by atoms with E-state index in [1.807, 2.05) is 30.3 Å². The minimum absolute atomic E-state index is 0.0278. The number of anilines is 1. The number of benzene rings is 1. The minimum atomic E-state index is -0.399. The first kappa shape index (κ1) is 19.9. The van der Waals surface area contributed by atoms with Crippen LogP contribution in [0.25, 0.3) is 0 Å². The van der Waals surface area contributed by atoms with Gasteiger partial charge in [-0.3, -0.25) is 4.79 Å². The number of thiazole rings is 1. The van der Waals surface area contributed by atoms with E-state index in [9.17, 15) is 10.1 Å². The topological polar surface area (TPSA) is 90.3 Å². The summed E-state index contributed by atoms with van der Waals surface area (Å²) in [6.07, 6.45) is 3.02. The number of methoxy groups -OCH3 is 1. The Hall–Kier alpha value is -2.89. The lowest BCUT2D eigenvalue weighted by atomic mass is 10.1. The van der Waals surface area contributed by atoms with Crippen molar-refractivity contribution in [3.05, 3.63) is 52.2 Å². The average Bonchev–Trinajstić information content (AvgIpc) is 3.11. The number of likely N-dealkylation sites (N-methyl/N-ethyl adjacent to an activating group) is 1. The molecule has 0 fully saturated rings. The Labute approximate surface area is 168 Å². The number of aromatic nitrogens is 1. The molecule has 2 aromatic rings. The highest BCUT2D eigenvalue weighted by molar-refractivity contribution is 7.15. The predicted molar refractivity (Wildman–Crippen MR) is 109 cm³/mol. The number of nitrogens with one attached hydrogen (secondary N) is 2. The number of carbonyl (C=O) groups is 1. The number of rotatable bonds is 7. The van der Waals surface area contributed by atoms with E-state index in [4.69, 9.17) is 4.74 Å². The Balaban J connectivity index is 1.52. The first-order valence-electron chi connectivity index (χ1n) is 9.04. The molecule has 8 heteroatoms. The van der Waals surface area contributed by atoms with Gasteiger partial charge in [0.05, 0.1) is 12.8 Å². The normalized spacial score (nSPS) is 14.1. The Morgan fingerprint density at radius 1 is 1.43 bits per heavy atom. The maximum atomic E-state index is 12.2. The van der Waals surface area contributed by atoms with Crippen molar-refractivity contribution in [2.45, 2.75) is 19.4 Å². The summed E-state index contributed by atoms with van der Waals surface area (Å²) in [5.74, 6) is 0.397. The van der Waals surface area contributed by atoms with Gasteiger partial charge in [-0.25, -0.2) is 4.98 Å². The lowest BCUT2D eigenvalue weighted by molar-refractivity contribution is -0.117. The van der Waals surface area contributed by atoms with E-state index >= 15 is 0 Å². The second-order valence-corrected chi connectivity index (χ2v) is 7.63. The standard InChI is InChI=1S/C20H23N5O2S/c1-25-10-8-17-18(13-25)28-20(24-17)23-12-15(11-21)19(26)22-9-7-14-3-5-16(27-2)6-4-14/h3-6,12H,7-10,13H2,1-2H3,(H,22,26)(H,23,24)/b15-12-. The van der Waals surface area contributed by atoms with Crippen LogP contribution in [0.2, 0.25) is 0 Å². The molecule has 0 bridgehead atoms. The maximum Gasteiger partial charge on any atom is 0.263 e. The van der Waals surface area contributed by atoms with Gasteiger partial charge >= 0.3 is 0 Å². The number of ether oxygens (including phenoxy) is 1.